The number of aryl methyl sites for hydroxylation is 2. The second kappa shape index (κ2) is 6.59. The van der Waals surface area contributed by atoms with Gasteiger partial charge >= 0.3 is 0 Å². The Kier molecular flexibility index (Phi) is 4.67. The number of hydrogen-bond donors (Lipinski definition) is 2. The number of ether oxygens (including phenoxy) is 1. The van der Waals surface area contributed by atoms with Crippen LogP contribution < -0.4 is 10.6 Å². The minimum atomic E-state index is -0.279. The highest BCUT2D eigenvalue weighted by molar-refractivity contribution is 5.97. The van der Waals surface area contributed by atoms with Crippen LogP contribution in [-0.2, 0) is 9.53 Å². The van der Waals surface area contributed by atoms with Gasteiger partial charge in [-0.3, -0.25) is 9.59 Å². The molecule has 6 nitrogen and oxygen atoms in total. The highest BCUT2D eigenvalue weighted by Gasteiger charge is 2.59. The van der Waals surface area contributed by atoms with E-state index in [1.54, 1.807) is 19.9 Å². The molecule has 0 aromatic carbocycles. The Morgan fingerprint density at radius 3 is 2.67 bits per heavy atom. The molecule has 2 aliphatic rings. The van der Waals surface area contributed by atoms with Crippen LogP contribution in [0, 0.1) is 19.3 Å². The van der Waals surface area contributed by atoms with Gasteiger partial charge in [-0.05, 0) is 46.1 Å². The SMILES string of the molecule is CCO[C@H]1C[C@@H](NC(=O)CNC(=O)c2cc(C)oc2C)C12CCC2. The molecule has 0 bridgehead atoms. The molecule has 1 aromatic rings. The first kappa shape index (κ1) is 17.0. The Hall–Kier alpha value is -1.82. The van der Waals surface area contributed by atoms with E-state index in [2.05, 4.69) is 10.6 Å². The first-order chi connectivity index (χ1) is 11.5. The standard InChI is InChI=1S/C18H26N2O4/c1-4-23-15-9-14(18(15)6-5-7-18)20-16(21)10-19-17(22)13-8-11(2)24-12(13)3/h8,14-15H,4-7,9-10H2,1-3H3,(H,19,22)(H,20,21)/t14-,15+/m1/s1. The quantitative estimate of drug-likeness (QED) is 0.835. The molecule has 1 aromatic heterocycles. The van der Waals surface area contributed by atoms with E-state index in [0.29, 0.717) is 23.7 Å². The van der Waals surface area contributed by atoms with Crippen molar-refractivity contribution >= 4 is 11.8 Å². The van der Waals surface area contributed by atoms with E-state index in [-0.39, 0.29) is 35.9 Å². The van der Waals surface area contributed by atoms with E-state index < -0.39 is 0 Å². The molecule has 2 fully saturated rings. The maximum atomic E-state index is 12.2. The third-order valence-electron chi connectivity index (χ3n) is 5.47. The number of carbonyl (C=O) groups excluding carboxylic acids is 2. The summed E-state index contributed by atoms with van der Waals surface area (Å²) in [5.41, 5.74) is 0.615. The van der Waals surface area contributed by atoms with E-state index in [1.807, 2.05) is 6.92 Å². The fourth-order valence-electron chi connectivity index (χ4n) is 4.00. The van der Waals surface area contributed by atoms with Gasteiger partial charge in [0, 0.05) is 18.1 Å². The first-order valence-corrected chi connectivity index (χ1v) is 8.72. The van der Waals surface area contributed by atoms with Crippen LogP contribution in [0.5, 0.6) is 0 Å². The van der Waals surface area contributed by atoms with Crippen molar-refractivity contribution < 1.29 is 18.7 Å². The average molecular weight is 334 g/mol. The largest absolute Gasteiger partial charge is 0.466 e. The van der Waals surface area contributed by atoms with Crippen LogP contribution in [0.25, 0.3) is 0 Å². The highest BCUT2D eigenvalue weighted by atomic mass is 16.5. The molecular weight excluding hydrogens is 308 g/mol. The second-order valence-electron chi connectivity index (χ2n) is 6.90. The van der Waals surface area contributed by atoms with Crippen molar-refractivity contribution in [2.24, 2.45) is 5.41 Å². The lowest BCUT2D eigenvalue weighted by molar-refractivity contribution is -0.175. The number of amides is 2. The zero-order chi connectivity index (χ0) is 17.3. The van der Waals surface area contributed by atoms with Gasteiger partial charge in [-0.25, -0.2) is 0 Å². The smallest absolute Gasteiger partial charge is 0.255 e. The minimum absolute atomic E-state index is 0.0195. The maximum absolute atomic E-state index is 12.2. The predicted molar refractivity (Wildman–Crippen MR) is 88.8 cm³/mol. The zero-order valence-corrected chi connectivity index (χ0v) is 14.6. The predicted octanol–water partition coefficient (Wildman–Crippen LogP) is 2.09. The van der Waals surface area contributed by atoms with Crippen molar-refractivity contribution in [2.45, 2.75) is 58.6 Å². The molecule has 0 unspecified atom stereocenters. The van der Waals surface area contributed by atoms with Crippen LogP contribution in [0.4, 0.5) is 0 Å². The zero-order valence-electron chi connectivity index (χ0n) is 14.6. The molecule has 3 rings (SSSR count). The number of carbonyl (C=O) groups is 2. The fourth-order valence-corrected chi connectivity index (χ4v) is 4.00. The van der Waals surface area contributed by atoms with Crippen molar-refractivity contribution in [3.05, 3.63) is 23.2 Å². The highest BCUT2D eigenvalue weighted by Crippen LogP contribution is 2.57. The number of nitrogens with one attached hydrogen (secondary N) is 2. The molecular formula is C18H26N2O4. The van der Waals surface area contributed by atoms with Crippen molar-refractivity contribution in [2.75, 3.05) is 13.2 Å². The molecule has 0 aliphatic heterocycles. The van der Waals surface area contributed by atoms with E-state index >= 15 is 0 Å². The van der Waals surface area contributed by atoms with Crippen molar-refractivity contribution in [1.29, 1.82) is 0 Å². The van der Waals surface area contributed by atoms with E-state index in [1.165, 1.54) is 6.42 Å². The lowest BCUT2D eigenvalue weighted by Crippen LogP contribution is -2.68. The van der Waals surface area contributed by atoms with Gasteiger partial charge in [0.25, 0.3) is 5.91 Å². The molecule has 24 heavy (non-hydrogen) atoms. The molecule has 132 valence electrons. The second-order valence-corrected chi connectivity index (χ2v) is 6.90. The summed E-state index contributed by atoms with van der Waals surface area (Å²) in [6, 6.07) is 1.86. The maximum Gasteiger partial charge on any atom is 0.255 e. The van der Waals surface area contributed by atoms with Crippen LogP contribution in [0.1, 0.15) is 54.5 Å². The molecule has 0 saturated heterocycles. The number of rotatable bonds is 6. The van der Waals surface area contributed by atoms with Gasteiger partial charge < -0.3 is 19.8 Å². The molecule has 1 spiro atoms. The van der Waals surface area contributed by atoms with Crippen molar-refractivity contribution in [3.8, 4) is 0 Å². The van der Waals surface area contributed by atoms with Crippen LogP contribution in [0.15, 0.2) is 10.5 Å². The molecule has 2 N–H and O–H groups in total. The van der Waals surface area contributed by atoms with Gasteiger partial charge in [0.15, 0.2) is 0 Å². The van der Waals surface area contributed by atoms with E-state index in [4.69, 9.17) is 9.15 Å². The summed E-state index contributed by atoms with van der Waals surface area (Å²) in [7, 11) is 0. The third-order valence-corrected chi connectivity index (χ3v) is 5.47. The molecule has 2 atom stereocenters. The average Bonchev–Trinajstić information content (AvgIpc) is 2.80. The number of furan rings is 1. The Morgan fingerprint density at radius 1 is 1.38 bits per heavy atom. The summed E-state index contributed by atoms with van der Waals surface area (Å²) in [6.07, 6.45) is 4.57. The summed E-state index contributed by atoms with van der Waals surface area (Å²) in [4.78, 5) is 24.3. The van der Waals surface area contributed by atoms with Gasteiger partial charge in [0.2, 0.25) is 5.91 Å². The van der Waals surface area contributed by atoms with Gasteiger partial charge in [-0.15, -0.1) is 0 Å². The van der Waals surface area contributed by atoms with Crippen LogP contribution >= 0.6 is 0 Å². The van der Waals surface area contributed by atoms with Crippen molar-refractivity contribution in [3.63, 3.8) is 0 Å². The monoisotopic (exact) mass is 334 g/mol. The number of hydrogen-bond acceptors (Lipinski definition) is 4. The van der Waals surface area contributed by atoms with Gasteiger partial charge in [0.05, 0.1) is 18.2 Å². The van der Waals surface area contributed by atoms with Gasteiger partial charge in [-0.2, -0.15) is 0 Å². The topological polar surface area (TPSA) is 80.6 Å². The Balaban J connectivity index is 1.48. The summed E-state index contributed by atoms with van der Waals surface area (Å²) < 4.78 is 11.1. The van der Waals surface area contributed by atoms with Gasteiger partial charge in [-0.1, -0.05) is 6.42 Å². The molecule has 1 heterocycles. The van der Waals surface area contributed by atoms with Gasteiger partial charge in [0.1, 0.15) is 11.5 Å². The van der Waals surface area contributed by atoms with Crippen LogP contribution in [-0.4, -0.2) is 37.1 Å². The van der Waals surface area contributed by atoms with Crippen molar-refractivity contribution in [1.82, 2.24) is 10.6 Å². The summed E-state index contributed by atoms with van der Waals surface area (Å²) >= 11 is 0. The molecule has 2 aliphatic carbocycles. The first-order valence-electron chi connectivity index (χ1n) is 8.72. The normalized spacial score (nSPS) is 24.1. The summed E-state index contributed by atoms with van der Waals surface area (Å²) in [5.74, 6) is 0.828. The molecule has 6 heteroatoms. The molecule has 2 amide bonds. The van der Waals surface area contributed by atoms with Crippen LogP contribution in [0.3, 0.4) is 0 Å². The van der Waals surface area contributed by atoms with E-state index in [9.17, 15) is 9.59 Å². The molecule has 2 saturated carbocycles. The fraction of sp³-hybridized carbons (Fsp3) is 0.667. The summed E-state index contributed by atoms with van der Waals surface area (Å²) in [6.45, 7) is 6.23. The Bertz CT molecular complexity index is 633. The van der Waals surface area contributed by atoms with E-state index in [0.717, 1.165) is 19.3 Å². The summed E-state index contributed by atoms with van der Waals surface area (Å²) in [5, 5.41) is 5.73. The molecule has 0 radical (unpaired) electrons. The minimum Gasteiger partial charge on any atom is -0.466 e. The Morgan fingerprint density at radius 2 is 2.12 bits per heavy atom. The lowest BCUT2D eigenvalue weighted by Gasteiger charge is -2.61. The lowest BCUT2D eigenvalue weighted by atomic mass is 9.51. The Labute approximate surface area is 142 Å². The van der Waals surface area contributed by atoms with Crippen LogP contribution in [0.2, 0.25) is 0 Å². The third kappa shape index (κ3) is 2.95.